The van der Waals surface area contributed by atoms with Crippen LogP contribution in [-0.2, 0) is 13.1 Å². The Labute approximate surface area is 118 Å². The van der Waals surface area contributed by atoms with Gasteiger partial charge in [0.2, 0.25) is 5.43 Å². The van der Waals surface area contributed by atoms with E-state index < -0.39 is 5.43 Å². The Morgan fingerprint density at radius 2 is 1.85 bits per heavy atom. The fourth-order valence-corrected chi connectivity index (χ4v) is 2.28. The molecule has 0 atom stereocenters. The summed E-state index contributed by atoms with van der Waals surface area (Å²) < 4.78 is 1.92. The summed E-state index contributed by atoms with van der Waals surface area (Å²) in [7, 11) is 0. The lowest BCUT2D eigenvalue weighted by atomic mass is 10.2. The molecule has 0 aromatic carbocycles. The molecule has 6 heteroatoms. The highest BCUT2D eigenvalue weighted by Gasteiger charge is 2.16. The van der Waals surface area contributed by atoms with Crippen LogP contribution in [0.15, 0.2) is 10.9 Å². The lowest BCUT2D eigenvalue weighted by molar-refractivity contribution is 0.152. The fraction of sp³-hybridized carbons (Fsp3) is 0.643. The zero-order valence-electron chi connectivity index (χ0n) is 12.2. The van der Waals surface area contributed by atoms with Gasteiger partial charge >= 0.3 is 0 Å². The number of hydrogen-bond acceptors (Lipinski definition) is 5. The van der Waals surface area contributed by atoms with E-state index in [0.29, 0.717) is 31.9 Å². The van der Waals surface area contributed by atoms with E-state index in [0.717, 1.165) is 12.1 Å². The van der Waals surface area contributed by atoms with Gasteiger partial charge in [0.05, 0.1) is 18.9 Å². The molecule has 0 spiro atoms. The average Bonchev–Trinajstić information content (AvgIpc) is 2.40. The van der Waals surface area contributed by atoms with Crippen molar-refractivity contribution in [2.45, 2.75) is 33.4 Å². The van der Waals surface area contributed by atoms with E-state index in [1.54, 1.807) is 4.90 Å². The van der Waals surface area contributed by atoms with Crippen molar-refractivity contribution in [3.63, 3.8) is 0 Å². The number of aromatic nitrogens is 1. The second-order valence-corrected chi connectivity index (χ2v) is 4.82. The SMILES string of the molecule is CCCn1c(C)cc(=O)c(O)c1CN(CCO)CCO. The van der Waals surface area contributed by atoms with Crippen LogP contribution in [-0.4, -0.2) is 51.1 Å². The third kappa shape index (κ3) is 4.06. The summed E-state index contributed by atoms with van der Waals surface area (Å²) in [5.41, 5.74) is 0.953. The van der Waals surface area contributed by atoms with Gasteiger partial charge in [0.25, 0.3) is 0 Å². The maximum absolute atomic E-state index is 11.7. The molecule has 3 N–H and O–H groups in total. The quantitative estimate of drug-likeness (QED) is 0.628. The third-order valence-corrected chi connectivity index (χ3v) is 3.25. The lowest BCUT2D eigenvalue weighted by Crippen LogP contribution is -2.32. The molecular weight excluding hydrogens is 260 g/mol. The molecule has 0 radical (unpaired) electrons. The molecule has 1 aromatic rings. The molecule has 1 aromatic heterocycles. The molecule has 114 valence electrons. The van der Waals surface area contributed by atoms with Crippen LogP contribution in [0.4, 0.5) is 0 Å². The van der Waals surface area contributed by atoms with E-state index in [9.17, 15) is 9.90 Å². The minimum atomic E-state index is -0.391. The molecule has 0 saturated heterocycles. The molecule has 6 nitrogen and oxygen atoms in total. The summed E-state index contributed by atoms with van der Waals surface area (Å²) in [6, 6.07) is 1.43. The van der Waals surface area contributed by atoms with E-state index in [4.69, 9.17) is 10.2 Å². The third-order valence-electron chi connectivity index (χ3n) is 3.25. The highest BCUT2D eigenvalue weighted by Crippen LogP contribution is 2.17. The second kappa shape index (κ2) is 8.04. The molecule has 0 aliphatic heterocycles. The molecule has 0 unspecified atom stereocenters. The highest BCUT2D eigenvalue weighted by molar-refractivity contribution is 5.29. The van der Waals surface area contributed by atoms with Gasteiger partial charge in [-0.25, -0.2) is 0 Å². The number of aliphatic hydroxyl groups excluding tert-OH is 2. The van der Waals surface area contributed by atoms with Gasteiger partial charge in [-0.1, -0.05) is 6.92 Å². The number of nitrogens with zero attached hydrogens (tertiary/aromatic N) is 2. The largest absolute Gasteiger partial charge is 0.503 e. The number of aliphatic hydroxyl groups is 2. The predicted molar refractivity (Wildman–Crippen MR) is 76.8 cm³/mol. The molecule has 1 heterocycles. The van der Waals surface area contributed by atoms with Crippen molar-refractivity contribution in [1.29, 1.82) is 0 Å². The maximum atomic E-state index is 11.7. The number of aromatic hydroxyl groups is 1. The first kappa shape index (κ1) is 16.7. The van der Waals surface area contributed by atoms with Gasteiger partial charge in [0, 0.05) is 37.9 Å². The van der Waals surface area contributed by atoms with Crippen LogP contribution in [0.25, 0.3) is 0 Å². The normalized spacial score (nSPS) is 11.2. The minimum Gasteiger partial charge on any atom is -0.503 e. The molecule has 0 saturated carbocycles. The summed E-state index contributed by atoms with van der Waals surface area (Å²) in [5.74, 6) is -0.245. The number of rotatable bonds is 8. The Kier molecular flexibility index (Phi) is 6.70. The Morgan fingerprint density at radius 1 is 1.25 bits per heavy atom. The maximum Gasteiger partial charge on any atom is 0.223 e. The van der Waals surface area contributed by atoms with E-state index >= 15 is 0 Å². The van der Waals surface area contributed by atoms with Gasteiger partial charge in [-0.3, -0.25) is 9.69 Å². The molecule has 0 amide bonds. The Hall–Kier alpha value is -1.37. The summed E-state index contributed by atoms with van der Waals surface area (Å²) >= 11 is 0. The Morgan fingerprint density at radius 3 is 2.35 bits per heavy atom. The Bertz CT molecular complexity index is 479. The van der Waals surface area contributed by atoms with Crippen LogP contribution in [0.5, 0.6) is 5.75 Å². The first-order valence-electron chi connectivity index (χ1n) is 6.91. The summed E-state index contributed by atoms with van der Waals surface area (Å²) in [5, 5.41) is 28.1. The van der Waals surface area contributed by atoms with Gasteiger partial charge in [0.1, 0.15) is 0 Å². The minimum absolute atomic E-state index is 0.0371. The predicted octanol–water partition coefficient (Wildman–Crippen LogP) is 0.0589. The molecule has 0 bridgehead atoms. The van der Waals surface area contributed by atoms with E-state index in [-0.39, 0.29) is 19.0 Å². The summed E-state index contributed by atoms with van der Waals surface area (Å²) in [6.07, 6.45) is 0.885. The smallest absolute Gasteiger partial charge is 0.223 e. The lowest BCUT2D eigenvalue weighted by Gasteiger charge is -2.24. The van der Waals surface area contributed by atoms with Crippen molar-refractivity contribution in [2.75, 3.05) is 26.3 Å². The first-order chi connectivity index (χ1) is 9.54. The van der Waals surface area contributed by atoms with Crippen LogP contribution in [0.1, 0.15) is 24.7 Å². The number of hydrogen-bond donors (Lipinski definition) is 3. The van der Waals surface area contributed by atoms with Crippen molar-refractivity contribution in [2.24, 2.45) is 0 Å². The van der Waals surface area contributed by atoms with Crippen molar-refractivity contribution < 1.29 is 15.3 Å². The molecule has 20 heavy (non-hydrogen) atoms. The van der Waals surface area contributed by atoms with Crippen molar-refractivity contribution in [1.82, 2.24) is 9.47 Å². The zero-order chi connectivity index (χ0) is 15.1. The summed E-state index contributed by atoms with van der Waals surface area (Å²) in [4.78, 5) is 13.5. The van der Waals surface area contributed by atoms with Gasteiger partial charge < -0.3 is 19.9 Å². The van der Waals surface area contributed by atoms with Crippen LogP contribution in [0.3, 0.4) is 0 Å². The molecule has 0 fully saturated rings. The Balaban J connectivity index is 3.16. The topological polar surface area (TPSA) is 85.9 Å². The van der Waals surface area contributed by atoms with E-state index in [1.165, 1.54) is 6.07 Å². The highest BCUT2D eigenvalue weighted by atomic mass is 16.3. The van der Waals surface area contributed by atoms with Crippen LogP contribution in [0, 0.1) is 6.92 Å². The number of pyridine rings is 1. The van der Waals surface area contributed by atoms with Crippen LogP contribution >= 0.6 is 0 Å². The standard InChI is InChI=1S/C14H24N2O4/c1-3-4-16-11(2)9-13(19)14(20)12(16)10-15(5-7-17)6-8-18/h9,17-18,20H,3-8,10H2,1-2H3. The molecule has 0 aliphatic carbocycles. The van der Waals surface area contributed by atoms with Gasteiger partial charge in [-0.2, -0.15) is 0 Å². The fourth-order valence-electron chi connectivity index (χ4n) is 2.28. The second-order valence-electron chi connectivity index (χ2n) is 4.82. The van der Waals surface area contributed by atoms with Gasteiger partial charge in [0.15, 0.2) is 5.75 Å². The molecule has 1 rings (SSSR count). The average molecular weight is 284 g/mol. The molecular formula is C14H24N2O4. The zero-order valence-corrected chi connectivity index (χ0v) is 12.2. The van der Waals surface area contributed by atoms with E-state index in [2.05, 4.69) is 0 Å². The van der Waals surface area contributed by atoms with Crippen LogP contribution in [0.2, 0.25) is 0 Å². The van der Waals surface area contributed by atoms with Crippen molar-refractivity contribution in [3.8, 4) is 5.75 Å². The van der Waals surface area contributed by atoms with Crippen molar-refractivity contribution in [3.05, 3.63) is 27.7 Å². The van der Waals surface area contributed by atoms with Gasteiger partial charge in [-0.05, 0) is 13.3 Å². The van der Waals surface area contributed by atoms with E-state index in [1.807, 2.05) is 18.4 Å². The van der Waals surface area contributed by atoms with Crippen molar-refractivity contribution >= 4 is 0 Å². The van der Waals surface area contributed by atoms with Gasteiger partial charge in [-0.15, -0.1) is 0 Å². The first-order valence-corrected chi connectivity index (χ1v) is 6.91. The summed E-state index contributed by atoms with van der Waals surface area (Å²) in [6.45, 7) is 5.59. The monoisotopic (exact) mass is 284 g/mol. The number of aryl methyl sites for hydroxylation is 1. The van der Waals surface area contributed by atoms with Crippen LogP contribution < -0.4 is 5.43 Å². The molecule has 0 aliphatic rings.